The van der Waals surface area contributed by atoms with Crippen LogP contribution in [-0.2, 0) is 0 Å². The predicted molar refractivity (Wildman–Crippen MR) is 81.8 cm³/mol. The van der Waals surface area contributed by atoms with Gasteiger partial charge in [-0.3, -0.25) is 0 Å². The van der Waals surface area contributed by atoms with Gasteiger partial charge in [-0.2, -0.15) is 5.26 Å². The van der Waals surface area contributed by atoms with Crippen molar-refractivity contribution in [2.75, 3.05) is 4.90 Å². The first-order valence-corrected chi connectivity index (χ1v) is 7.58. The summed E-state index contributed by atoms with van der Waals surface area (Å²) in [6.07, 6.45) is 6.69. The van der Waals surface area contributed by atoms with Gasteiger partial charge in [0.2, 0.25) is 0 Å². The molecule has 2 aliphatic rings. The Bertz CT molecular complexity index is 682. The largest absolute Gasteiger partial charge is 0.365 e. The average Bonchev–Trinajstić information content (AvgIpc) is 2.75. The van der Waals surface area contributed by atoms with Crippen LogP contribution in [0.1, 0.15) is 37.7 Å². The molecular weight excluding hydrogens is 244 g/mol. The van der Waals surface area contributed by atoms with E-state index < -0.39 is 0 Å². The van der Waals surface area contributed by atoms with Gasteiger partial charge in [0.15, 0.2) is 0 Å². The third kappa shape index (κ3) is 1.63. The quantitative estimate of drug-likeness (QED) is 0.769. The summed E-state index contributed by atoms with van der Waals surface area (Å²) < 4.78 is 0. The van der Waals surface area contributed by atoms with Gasteiger partial charge in [0, 0.05) is 28.5 Å². The topological polar surface area (TPSA) is 27.0 Å². The molecule has 0 amide bonds. The summed E-state index contributed by atoms with van der Waals surface area (Å²) in [6.45, 7) is 0. The number of benzene rings is 2. The second-order valence-corrected chi connectivity index (χ2v) is 6.01. The lowest BCUT2D eigenvalue weighted by molar-refractivity contribution is 0.469. The minimum atomic E-state index is 0.713. The fourth-order valence-corrected chi connectivity index (χ4v) is 4.12. The molecular formula is C18H18N2. The van der Waals surface area contributed by atoms with E-state index in [2.05, 4.69) is 35.2 Å². The first kappa shape index (κ1) is 11.8. The first-order valence-electron chi connectivity index (χ1n) is 7.58. The molecule has 2 aliphatic heterocycles. The summed E-state index contributed by atoms with van der Waals surface area (Å²) >= 11 is 0. The van der Waals surface area contributed by atoms with Crippen LogP contribution in [-0.4, -0.2) is 12.1 Å². The lowest BCUT2D eigenvalue weighted by Gasteiger charge is -2.37. The highest BCUT2D eigenvalue weighted by molar-refractivity contribution is 5.98. The normalized spacial score (nSPS) is 24.9. The highest BCUT2D eigenvalue weighted by Gasteiger charge is 2.37. The van der Waals surface area contributed by atoms with Crippen molar-refractivity contribution in [1.29, 1.82) is 5.26 Å². The van der Waals surface area contributed by atoms with Gasteiger partial charge in [0.1, 0.15) is 0 Å². The van der Waals surface area contributed by atoms with Crippen LogP contribution in [0.3, 0.4) is 0 Å². The molecule has 2 heterocycles. The number of hydrogen-bond donors (Lipinski definition) is 0. The molecule has 0 spiro atoms. The summed E-state index contributed by atoms with van der Waals surface area (Å²) in [5, 5.41) is 11.6. The summed E-state index contributed by atoms with van der Waals surface area (Å²) in [5.41, 5.74) is 2.13. The zero-order valence-electron chi connectivity index (χ0n) is 11.5. The van der Waals surface area contributed by atoms with E-state index in [0.717, 1.165) is 10.9 Å². The molecule has 2 aromatic carbocycles. The Morgan fingerprint density at radius 3 is 2.30 bits per heavy atom. The fraction of sp³-hybridized carbons (Fsp3) is 0.389. The Labute approximate surface area is 119 Å². The van der Waals surface area contributed by atoms with Crippen LogP contribution in [0.4, 0.5) is 5.69 Å². The van der Waals surface area contributed by atoms with Gasteiger partial charge in [-0.05, 0) is 44.2 Å². The average molecular weight is 262 g/mol. The van der Waals surface area contributed by atoms with Crippen molar-refractivity contribution >= 4 is 16.5 Å². The molecule has 2 unspecified atom stereocenters. The molecule has 2 fully saturated rings. The number of anilines is 1. The SMILES string of the molecule is N#Cc1ccc(N2C3CCCC2CC3)c2ccccc12. The third-order valence-electron chi connectivity index (χ3n) is 4.99. The first-order chi connectivity index (χ1) is 9.88. The molecule has 2 saturated heterocycles. The number of nitrogens with zero attached hydrogens (tertiary/aromatic N) is 2. The number of rotatable bonds is 1. The van der Waals surface area contributed by atoms with Crippen LogP contribution in [0, 0.1) is 11.3 Å². The Balaban J connectivity index is 1.91. The zero-order valence-corrected chi connectivity index (χ0v) is 11.5. The number of piperidine rings is 1. The monoisotopic (exact) mass is 262 g/mol. The second kappa shape index (κ2) is 4.52. The van der Waals surface area contributed by atoms with E-state index in [9.17, 15) is 5.26 Å². The number of nitriles is 1. The van der Waals surface area contributed by atoms with E-state index in [-0.39, 0.29) is 0 Å². The van der Waals surface area contributed by atoms with Crippen molar-refractivity contribution in [3.8, 4) is 6.07 Å². The highest BCUT2D eigenvalue weighted by Crippen LogP contribution is 2.42. The molecule has 2 bridgehead atoms. The van der Waals surface area contributed by atoms with Crippen molar-refractivity contribution in [2.24, 2.45) is 0 Å². The molecule has 2 nitrogen and oxygen atoms in total. The van der Waals surface area contributed by atoms with Gasteiger partial charge < -0.3 is 4.90 Å². The van der Waals surface area contributed by atoms with Crippen molar-refractivity contribution in [3.63, 3.8) is 0 Å². The molecule has 0 saturated carbocycles. The van der Waals surface area contributed by atoms with E-state index in [0.29, 0.717) is 12.1 Å². The summed E-state index contributed by atoms with van der Waals surface area (Å²) in [4.78, 5) is 2.65. The molecule has 100 valence electrons. The highest BCUT2D eigenvalue weighted by atomic mass is 15.2. The standard InChI is InChI=1S/C18H18N2/c19-12-13-8-11-18(17-7-2-1-6-16(13)17)20-14-4-3-5-15(20)10-9-14/h1-2,6-8,11,14-15H,3-5,9-10H2. The molecule has 0 aromatic heterocycles. The van der Waals surface area contributed by atoms with E-state index in [4.69, 9.17) is 0 Å². The summed E-state index contributed by atoms with van der Waals surface area (Å²) in [7, 11) is 0. The van der Waals surface area contributed by atoms with E-state index in [1.54, 1.807) is 0 Å². The Morgan fingerprint density at radius 1 is 0.900 bits per heavy atom. The number of fused-ring (bicyclic) bond motifs is 3. The molecule has 2 heteroatoms. The minimum Gasteiger partial charge on any atom is -0.365 e. The van der Waals surface area contributed by atoms with Gasteiger partial charge in [-0.1, -0.05) is 24.3 Å². The van der Waals surface area contributed by atoms with E-state index >= 15 is 0 Å². The lowest BCUT2D eigenvalue weighted by atomic mass is 9.98. The van der Waals surface area contributed by atoms with Crippen LogP contribution >= 0.6 is 0 Å². The molecule has 20 heavy (non-hydrogen) atoms. The van der Waals surface area contributed by atoms with Gasteiger partial charge in [-0.25, -0.2) is 0 Å². The molecule has 0 N–H and O–H groups in total. The van der Waals surface area contributed by atoms with Gasteiger partial charge in [0.25, 0.3) is 0 Å². The van der Waals surface area contributed by atoms with Gasteiger partial charge in [-0.15, -0.1) is 0 Å². The van der Waals surface area contributed by atoms with Gasteiger partial charge in [0.05, 0.1) is 11.6 Å². The van der Waals surface area contributed by atoms with Crippen LogP contribution < -0.4 is 4.90 Å². The van der Waals surface area contributed by atoms with Gasteiger partial charge >= 0.3 is 0 Å². The third-order valence-corrected chi connectivity index (χ3v) is 4.99. The van der Waals surface area contributed by atoms with Crippen molar-refractivity contribution in [3.05, 3.63) is 42.0 Å². The maximum Gasteiger partial charge on any atom is 0.0998 e. The predicted octanol–water partition coefficient (Wildman–Crippen LogP) is 4.23. The van der Waals surface area contributed by atoms with Crippen LogP contribution in [0.5, 0.6) is 0 Å². The maximum absolute atomic E-state index is 9.29. The van der Waals surface area contributed by atoms with Crippen LogP contribution in [0.2, 0.25) is 0 Å². The smallest absolute Gasteiger partial charge is 0.0998 e. The molecule has 2 atom stereocenters. The number of hydrogen-bond acceptors (Lipinski definition) is 2. The van der Waals surface area contributed by atoms with Crippen LogP contribution in [0.15, 0.2) is 36.4 Å². The molecule has 2 aromatic rings. The Morgan fingerprint density at radius 2 is 1.60 bits per heavy atom. The summed E-state index contributed by atoms with van der Waals surface area (Å²) in [5.74, 6) is 0. The van der Waals surface area contributed by atoms with E-state index in [1.807, 2.05) is 12.1 Å². The minimum absolute atomic E-state index is 0.713. The second-order valence-electron chi connectivity index (χ2n) is 6.01. The Hall–Kier alpha value is -2.01. The lowest BCUT2D eigenvalue weighted by Crippen LogP contribution is -2.39. The van der Waals surface area contributed by atoms with E-state index in [1.165, 1.54) is 43.2 Å². The zero-order chi connectivity index (χ0) is 13.5. The Kier molecular flexibility index (Phi) is 2.67. The van der Waals surface area contributed by atoms with Crippen LogP contribution in [0.25, 0.3) is 10.8 Å². The molecule has 0 radical (unpaired) electrons. The fourth-order valence-electron chi connectivity index (χ4n) is 4.12. The van der Waals surface area contributed by atoms with Crippen molar-refractivity contribution in [2.45, 2.75) is 44.2 Å². The molecule has 0 aliphatic carbocycles. The summed E-state index contributed by atoms with van der Waals surface area (Å²) in [6, 6.07) is 16.2. The molecule has 4 rings (SSSR count). The van der Waals surface area contributed by atoms with Crippen molar-refractivity contribution < 1.29 is 0 Å². The van der Waals surface area contributed by atoms with Crippen molar-refractivity contribution in [1.82, 2.24) is 0 Å². The maximum atomic E-state index is 9.29.